The molecule has 1 spiro atoms. The van der Waals surface area contributed by atoms with E-state index in [4.69, 9.17) is 23.7 Å². The molecule has 4 heterocycles. The summed E-state index contributed by atoms with van der Waals surface area (Å²) in [6.07, 6.45) is 3.15. The number of hydrogen-bond donors (Lipinski definition) is 0. The van der Waals surface area contributed by atoms with Crippen LogP contribution in [0.15, 0.2) is 54.1 Å². The molecule has 0 N–H and O–H groups in total. The number of nitrogens with zero attached hydrogens (tertiary/aromatic N) is 2. The summed E-state index contributed by atoms with van der Waals surface area (Å²) in [5.41, 5.74) is 0.433. The summed E-state index contributed by atoms with van der Waals surface area (Å²) in [6, 6.07) is 12.9. The average Bonchev–Trinajstić information content (AvgIpc) is 3.60. The van der Waals surface area contributed by atoms with E-state index in [1.165, 1.54) is 7.11 Å². The second-order valence-corrected chi connectivity index (χ2v) is 11.4. The number of hydrogen-bond acceptors (Lipinski definition) is 9. The van der Waals surface area contributed by atoms with Gasteiger partial charge in [-0.15, -0.1) is 0 Å². The average molecular weight is 547 g/mol. The molecule has 0 aromatic heterocycles. The van der Waals surface area contributed by atoms with Gasteiger partial charge in [0.05, 0.1) is 38.3 Å². The normalized spacial score (nSPS) is 35.5. The molecule has 6 atom stereocenters. The third-order valence-corrected chi connectivity index (χ3v) is 10.4. The van der Waals surface area contributed by atoms with E-state index >= 15 is 0 Å². The van der Waals surface area contributed by atoms with Crippen LogP contribution < -0.4 is 14.4 Å². The van der Waals surface area contributed by atoms with E-state index in [2.05, 4.69) is 15.9 Å². The molecule has 40 heavy (non-hydrogen) atoms. The van der Waals surface area contributed by atoms with Crippen LogP contribution in [0, 0.1) is 11.3 Å². The minimum atomic E-state index is -1.25. The van der Waals surface area contributed by atoms with Crippen LogP contribution in [-0.2, 0) is 24.4 Å². The lowest BCUT2D eigenvalue weighted by Crippen LogP contribution is -2.80. The highest BCUT2D eigenvalue weighted by atomic mass is 16.6. The van der Waals surface area contributed by atoms with Gasteiger partial charge in [0.25, 0.3) is 0 Å². The fourth-order valence-electron chi connectivity index (χ4n) is 8.96. The topological polar surface area (TPSA) is 86.8 Å². The van der Waals surface area contributed by atoms with Crippen LogP contribution in [0.3, 0.4) is 0 Å². The number of carbonyl (C=O) groups is 2. The first-order valence-electron chi connectivity index (χ1n) is 13.7. The van der Waals surface area contributed by atoms with E-state index in [0.29, 0.717) is 36.4 Å². The van der Waals surface area contributed by atoms with Gasteiger partial charge < -0.3 is 28.6 Å². The van der Waals surface area contributed by atoms with Crippen LogP contribution in [0.5, 0.6) is 11.5 Å². The highest BCUT2D eigenvalue weighted by molar-refractivity contribution is 5.91. The minimum Gasteiger partial charge on any atom is -0.493 e. The highest BCUT2D eigenvalue weighted by Crippen LogP contribution is 2.78. The largest absolute Gasteiger partial charge is 0.493 e. The van der Waals surface area contributed by atoms with Crippen molar-refractivity contribution in [3.8, 4) is 11.5 Å². The van der Waals surface area contributed by atoms with Crippen molar-refractivity contribution in [2.75, 3.05) is 46.4 Å². The first-order valence-corrected chi connectivity index (χ1v) is 13.7. The van der Waals surface area contributed by atoms with E-state index in [1.54, 1.807) is 38.5 Å². The van der Waals surface area contributed by atoms with E-state index in [1.807, 2.05) is 32.2 Å². The van der Waals surface area contributed by atoms with Gasteiger partial charge in [-0.3, -0.25) is 9.69 Å². The fourth-order valence-corrected chi connectivity index (χ4v) is 8.96. The van der Waals surface area contributed by atoms with Crippen molar-refractivity contribution in [3.63, 3.8) is 0 Å². The van der Waals surface area contributed by atoms with Crippen molar-refractivity contribution < 1.29 is 33.3 Å². The second-order valence-electron chi connectivity index (χ2n) is 11.4. The summed E-state index contributed by atoms with van der Waals surface area (Å²) in [5.74, 6) is 0.0948. The molecule has 7 rings (SSSR count). The molecule has 5 aliphatic rings. The monoisotopic (exact) mass is 546 g/mol. The Morgan fingerprint density at radius 1 is 1.10 bits per heavy atom. The molecule has 9 nitrogen and oxygen atoms in total. The molecule has 0 radical (unpaired) electrons. The minimum absolute atomic E-state index is 0.0388. The van der Waals surface area contributed by atoms with Crippen LogP contribution in [0.1, 0.15) is 35.7 Å². The Morgan fingerprint density at radius 2 is 1.82 bits per heavy atom. The number of carbonyl (C=O) groups excluding carboxylic acids is 2. The summed E-state index contributed by atoms with van der Waals surface area (Å²) >= 11 is 0. The number of anilines is 1. The molecule has 1 aliphatic carbocycles. The quantitative estimate of drug-likeness (QED) is 0.399. The summed E-state index contributed by atoms with van der Waals surface area (Å²) < 4.78 is 30.3. The number of ether oxygens (including phenoxy) is 5. The van der Waals surface area contributed by atoms with Gasteiger partial charge >= 0.3 is 11.9 Å². The van der Waals surface area contributed by atoms with Crippen LogP contribution in [0.4, 0.5) is 5.69 Å². The molecule has 4 bridgehead atoms. The van der Waals surface area contributed by atoms with Gasteiger partial charge in [-0.25, -0.2) is 4.79 Å². The van der Waals surface area contributed by atoms with Gasteiger partial charge in [-0.2, -0.15) is 0 Å². The number of esters is 2. The molecular weight excluding hydrogens is 512 g/mol. The molecule has 4 fully saturated rings. The second kappa shape index (κ2) is 8.47. The third-order valence-electron chi connectivity index (χ3n) is 10.4. The molecule has 9 heteroatoms. The van der Waals surface area contributed by atoms with Crippen molar-refractivity contribution >= 4 is 17.6 Å². The molecule has 210 valence electrons. The van der Waals surface area contributed by atoms with Crippen molar-refractivity contribution in [1.82, 2.24) is 4.90 Å². The van der Waals surface area contributed by atoms with Crippen LogP contribution in [0.25, 0.3) is 0 Å². The SMILES string of the molecule is CC=C1CN2[C@@H]3C[C@@]45c6cc(OC)c(OC)cc6N(C)[C@]4(O3)[C@@H]2C[C@@H]1[C@@]5(COC(=O)c1ccccc1)C(=O)OC. The molecule has 2 aromatic carbocycles. The lowest BCUT2D eigenvalue weighted by Gasteiger charge is -2.65. The van der Waals surface area contributed by atoms with Crippen molar-refractivity contribution in [3.05, 3.63) is 65.2 Å². The maximum Gasteiger partial charge on any atom is 0.338 e. The maximum absolute atomic E-state index is 14.5. The lowest BCUT2D eigenvalue weighted by atomic mass is 9.42. The Kier molecular flexibility index (Phi) is 5.38. The Balaban J connectivity index is 1.50. The fraction of sp³-hybridized carbons (Fsp3) is 0.484. The summed E-state index contributed by atoms with van der Waals surface area (Å²) in [6.45, 7) is 2.57. The van der Waals surface area contributed by atoms with Gasteiger partial charge in [0.15, 0.2) is 17.2 Å². The lowest BCUT2D eigenvalue weighted by molar-refractivity contribution is -0.194. The smallest absolute Gasteiger partial charge is 0.338 e. The van der Waals surface area contributed by atoms with E-state index in [-0.39, 0.29) is 24.8 Å². The van der Waals surface area contributed by atoms with Crippen LogP contribution >= 0.6 is 0 Å². The van der Waals surface area contributed by atoms with Gasteiger partial charge in [0, 0.05) is 37.7 Å². The number of allylic oxidation sites excluding steroid dienone is 1. The third kappa shape index (κ3) is 2.65. The number of piperidine rings is 2. The summed E-state index contributed by atoms with van der Waals surface area (Å²) in [5, 5.41) is 0. The van der Waals surface area contributed by atoms with Gasteiger partial charge in [-0.1, -0.05) is 29.8 Å². The van der Waals surface area contributed by atoms with E-state index < -0.39 is 28.5 Å². The number of fused-ring (bicyclic) bond motifs is 4. The zero-order chi connectivity index (χ0) is 28.0. The Labute approximate surface area is 233 Å². The van der Waals surface area contributed by atoms with Crippen molar-refractivity contribution in [2.24, 2.45) is 11.3 Å². The van der Waals surface area contributed by atoms with Gasteiger partial charge in [-0.05, 0) is 37.1 Å². The van der Waals surface area contributed by atoms with Gasteiger partial charge in [0.2, 0.25) is 0 Å². The zero-order valence-corrected chi connectivity index (χ0v) is 23.4. The predicted molar refractivity (Wildman–Crippen MR) is 145 cm³/mol. The molecule has 0 amide bonds. The summed E-state index contributed by atoms with van der Waals surface area (Å²) in [7, 11) is 6.67. The standard InChI is InChI=1S/C31H34N2O7/c1-6-18-16-33-25-13-20(18)29(28(35)38-5,17-39-27(34)19-10-8-7-9-11-19)30-15-26(33)40-31(25,30)32(2)22-14-24(37-4)23(36-3)12-21(22)30/h6-12,14,20,25-26H,13,15-17H2,1-5H3/t20-,25-,26-,29-,30-,31-/m0/s1. The maximum atomic E-state index is 14.5. The van der Waals surface area contributed by atoms with Gasteiger partial charge in [0.1, 0.15) is 18.2 Å². The van der Waals surface area contributed by atoms with Crippen LogP contribution in [0.2, 0.25) is 0 Å². The van der Waals surface area contributed by atoms with Crippen LogP contribution in [-0.4, -0.2) is 76.4 Å². The zero-order valence-electron chi connectivity index (χ0n) is 23.4. The number of likely N-dealkylation sites (N-methyl/N-ethyl adjacent to an activating group) is 1. The first kappa shape index (κ1) is 25.4. The molecule has 2 aromatic rings. The van der Waals surface area contributed by atoms with E-state index in [9.17, 15) is 9.59 Å². The Bertz CT molecular complexity index is 1440. The predicted octanol–water partition coefficient (Wildman–Crippen LogP) is 3.51. The number of benzene rings is 2. The molecule has 1 saturated carbocycles. The number of rotatable bonds is 6. The molecule has 4 aliphatic heterocycles. The number of methoxy groups -OCH3 is 3. The molecule has 0 unspecified atom stereocenters. The Morgan fingerprint density at radius 3 is 2.50 bits per heavy atom. The first-order chi connectivity index (χ1) is 19.3. The Hall–Kier alpha value is -3.56. The van der Waals surface area contributed by atoms with Crippen molar-refractivity contribution in [1.29, 1.82) is 0 Å². The van der Waals surface area contributed by atoms with E-state index in [0.717, 1.165) is 16.8 Å². The van der Waals surface area contributed by atoms with Crippen molar-refractivity contribution in [2.45, 2.75) is 43.2 Å². The highest BCUT2D eigenvalue weighted by Gasteiger charge is 2.88. The summed E-state index contributed by atoms with van der Waals surface area (Å²) in [4.78, 5) is 32.5. The molecular formula is C31H34N2O7. The molecule has 3 saturated heterocycles.